The zero-order chi connectivity index (χ0) is 12.6. The number of anilines is 2. The SMILES string of the molecule is Cc1cc(N)ccc1N1C[C@H](C)N(C)[C@@H](C)C1. The van der Waals surface area contributed by atoms with Crippen molar-refractivity contribution in [2.75, 3.05) is 30.8 Å². The summed E-state index contributed by atoms with van der Waals surface area (Å²) < 4.78 is 0. The predicted molar refractivity (Wildman–Crippen MR) is 74.5 cm³/mol. The molecule has 1 aromatic rings. The minimum absolute atomic E-state index is 0.593. The highest BCUT2D eigenvalue weighted by Crippen LogP contribution is 2.26. The summed E-state index contributed by atoms with van der Waals surface area (Å²) in [6.45, 7) is 8.89. The van der Waals surface area contributed by atoms with Gasteiger partial charge in [0.05, 0.1) is 0 Å². The Balaban J connectivity index is 2.23. The highest BCUT2D eigenvalue weighted by atomic mass is 15.3. The molecule has 0 spiro atoms. The van der Waals surface area contributed by atoms with Crippen LogP contribution in [0.2, 0.25) is 0 Å². The van der Waals surface area contributed by atoms with Crippen LogP contribution in [-0.2, 0) is 0 Å². The number of benzene rings is 1. The van der Waals surface area contributed by atoms with Crippen molar-refractivity contribution in [2.45, 2.75) is 32.9 Å². The van der Waals surface area contributed by atoms with Crippen LogP contribution in [-0.4, -0.2) is 37.1 Å². The average molecular weight is 233 g/mol. The van der Waals surface area contributed by atoms with Crippen molar-refractivity contribution >= 4 is 11.4 Å². The lowest BCUT2D eigenvalue weighted by molar-refractivity contribution is 0.170. The van der Waals surface area contributed by atoms with E-state index in [9.17, 15) is 0 Å². The van der Waals surface area contributed by atoms with E-state index in [0.29, 0.717) is 12.1 Å². The van der Waals surface area contributed by atoms with Crippen LogP contribution in [0.4, 0.5) is 11.4 Å². The first kappa shape index (κ1) is 12.2. The maximum atomic E-state index is 5.81. The van der Waals surface area contributed by atoms with Crippen LogP contribution in [0.25, 0.3) is 0 Å². The van der Waals surface area contributed by atoms with Crippen LogP contribution in [0.15, 0.2) is 18.2 Å². The highest BCUT2D eigenvalue weighted by Gasteiger charge is 2.27. The van der Waals surface area contributed by atoms with E-state index in [4.69, 9.17) is 5.73 Å². The molecule has 2 N–H and O–H groups in total. The normalized spacial score (nSPS) is 26.2. The van der Waals surface area contributed by atoms with E-state index in [1.807, 2.05) is 6.07 Å². The van der Waals surface area contributed by atoms with E-state index in [1.165, 1.54) is 11.3 Å². The van der Waals surface area contributed by atoms with Gasteiger partial charge in [0.1, 0.15) is 0 Å². The van der Waals surface area contributed by atoms with Gasteiger partial charge in [-0.2, -0.15) is 0 Å². The number of aryl methyl sites for hydroxylation is 1. The quantitative estimate of drug-likeness (QED) is 0.754. The molecule has 0 aromatic heterocycles. The number of likely N-dealkylation sites (N-methyl/N-ethyl adjacent to an activating group) is 1. The summed E-state index contributed by atoms with van der Waals surface area (Å²) in [5, 5.41) is 0. The number of rotatable bonds is 1. The number of hydrogen-bond acceptors (Lipinski definition) is 3. The van der Waals surface area contributed by atoms with Crippen molar-refractivity contribution in [1.82, 2.24) is 4.90 Å². The second kappa shape index (κ2) is 4.57. The molecule has 1 aromatic carbocycles. The molecule has 3 nitrogen and oxygen atoms in total. The largest absolute Gasteiger partial charge is 0.399 e. The van der Waals surface area contributed by atoms with Crippen LogP contribution in [0.3, 0.4) is 0 Å². The Morgan fingerprint density at radius 2 is 1.76 bits per heavy atom. The Kier molecular flexibility index (Phi) is 3.29. The molecule has 0 amide bonds. The van der Waals surface area contributed by atoms with E-state index in [2.05, 4.69) is 49.8 Å². The molecule has 0 radical (unpaired) electrons. The zero-order valence-electron chi connectivity index (χ0n) is 11.3. The molecule has 2 atom stereocenters. The summed E-state index contributed by atoms with van der Waals surface area (Å²) in [7, 11) is 2.21. The standard InChI is InChI=1S/C14H23N3/c1-10-7-13(15)5-6-14(10)17-8-11(2)16(4)12(3)9-17/h5-7,11-12H,8-9,15H2,1-4H3/t11-,12-/m0/s1. The molecule has 1 saturated heterocycles. The molecule has 17 heavy (non-hydrogen) atoms. The van der Waals surface area contributed by atoms with Crippen molar-refractivity contribution in [3.05, 3.63) is 23.8 Å². The first-order chi connectivity index (χ1) is 7.99. The van der Waals surface area contributed by atoms with Crippen molar-refractivity contribution in [1.29, 1.82) is 0 Å². The smallest absolute Gasteiger partial charge is 0.0398 e. The average Bonchev–Trinajstić information content (AvgIpc) is 2.25. The molecular formula is C14H23N3. The van der Waals surface area contributed by atoms with Gasteiger partial charge in [0, 0.05) is 36.5 Å². The lowest BCUT2D eigenvalue weighted by Gasteiger charge is -2.44. The Bertz CT molecular complexity index is 390. The topological polar surface area (TPSA) is 32.5 Å². The van der Waals surface area contributed by atoms with Crippen LogP contribution < -0.4 is 10.6 Å². The summed E-state index contributed by atoms with van der Waals surface area (Å²) in [6.07, 6.45) is 0. The Morgan fingerprint density at radius 3 is 2.29 bits per heavy atom. The van der Waals surface area contributed by atoms with E-state index in [0.717, 1.165) is 18.8 Å². The van der Waals surface area contributed by atoms with Crippen molar-refractivity contribution in [3.8, 4) is 0 Å². The van der Waals surface area contributed by atoms with Crippen molar-refractivity contribution in [3.63, 3.8) is 0 Å². The second-order valence-electron chi connectivity index (χ2n) is 5.31. The molecule has 1 aliphatic rings. The minimum atomic E-state index is 0.593. The molecule has 2 rings (SSSR count). The summed E-state index contributed by atoms with van der Waals surface area (Å²) in [5.41, 5.74) is 9.25. The fourth-order valence-corrected chi connectivity index (χ4v) is 2.63. The van der Waals surface area contributed by atoms with E-state index in [-0.39, 0.29) is 0 Å². The van der Waals surface area contributed by atoms with Crippen molar-refractivity contribution < 1.29 is 0 Å². The fraction of sp³-hybridized carbons (Fsp3) is 0.571. The van der Waals surface area contributed by atoms with Crippen molar-refractivity contribution in [2.24, 2.45) is 0 Å². The molecule has 94 valence electrons. The number of nitrogen functional groups attached to an aromatic ring is 1. The van der Waals surface area contributed by atoms with Gasteiger partial charge < -0.3 is 10.6 Å². The van der Waals surface area contributed by atoms with Gasteiger partial charge in [0.15, 0.2) is 0 Å². The van der Waals surface area contributed by atoms with E-state index in [1.54, 1.807) is 0 Å². The third kappa shape index (κ3) is 2.39. The number of nitrogens with two attached hydrogens (primary N) is 1. The molecule has 0 saturated carbocycles. The monoisotopic (exact) mass is 233 g/mol. The molecular weight excluding hydrogens is 210 g/mol. The van der Waals surface area contributed by atoms with Crippen LogP contribution in [0, 0.1) is 6.92 Å². The van der Waals surface area contributed by atoms with Crippen LogP contribution >= 0.6 is 0 Å². The first-order valence-corrected chi connectivity index (χ1v) is 6.32. The molecule has 0 bridgehead atoms. The number of nitrogens with zero attached hydrogens (tertiary/aromatic N) is 2. The summed E-state index contributed by atoms with van der Waals surface area (Å²) in [6, 6.07) is 7.39. The predicted octanol–water partition coefficient (Wildman–Crippen LogP) is 2.11. The van der Waals surface area contributed by atoms with Gasteiger partial charge in [-0.1, -0.05) is 0 Å². The maximum absolute atomic E-state index is 5.81. The van der Waals surface area contributed by atoms with Gasteiger partial charge in [0.2, 0.25) is 0 Å². The molecule has 1 aliphatic heterocycles. The Labute approximate surface area is 104 Å². The Hall–Kier alpha value is -1.22. The summed E-state index contributed by atoms with van der Waals surface area (Å²) in [4.78, 5) is 4.92. The van der Waals surface area contributed by atoms with Crippen LogP contribution in [0.1, 0.15) is 19.4 Å². The molecule has 3 heteroatoms. The van der Waals surface area contributed by atoms with Gasteiger partial charge >= 0.3 is 0 Å². The minimum Gasteiger partial charge on any atom is -0.399 e. The summed E-state index contributed by atoms with van der Waals surface area (Å²) in [5.74, 6) is 0. The van der Waals surface area contributed by atoms with Gasteiger partial charge in [-0.15, -0.1) is 0 Å². The second-order valence-corrected chi connectivity index (χ2v) is 5.31. The van der Waals surface area contributed by atoms with Gasteiger partial charge in [-0.05, 0) is 51.6 Å². The van der Waals surface area contributed by atoms with E-state index >= 15 is 0 Å². The lowest BCUT2D eigenvalue weighted by atomic mass is 10.1. The first-order valence-electron chi connectivity index (χ1n) is 6.32. The van der Waals surface area contributed by atoms with Gasteiger partial charge in [-0.3, -0.25) is 4.90 Å². The Morgan fingerprint density at radius 1 is 1.18 bits per heavy atom. The zero-order valence-corrected chi connectivity index (χ0v) is 11.3. The summed E-state index contributed by atoms with van der Waals surface area (Å²) >= 11 is 0. The molecule has 0 unspecified atom stereocenters. The van der Waals surface area contributed by atoms with E-state index < -0.39 is 0 Å². The number of hydrogen-bond donors (Lipinski definition) is 1. The third-order valence-electron chi connectivity index (χ3n) is 3.92. The molecule has 1 heterocycles. The highest BCUT2D eigenvalue weighted by molar-refractivity contribution is 5.59. The maximum Gasteiger partial charge on any atom is 0.0398 e. The van der Waals surface area contributed by atoms with Crippen LogP contribution in [0.5, 0.6) is 0 Å². The lowest BCUT2D eigenvalue weighted by Crippen LogP contribution is -2.55. The van der Waals surface area contributed by atoms with Gasteiger partial charge in [0.25, 0.3) is 0 Å². The number of piperazine rings is 1. The molecule has 1 fully saturated rings. The molecule has 0 aliphatic carbocycles. The third-order valence-corrected chi connectivity index (χ3v) is 3.92. The fourth-order valence-electron chi connectivity index (χ4n) is 2.63. The van der Waals surface area contributed by atoms with Gasteiger partial charge in [-0.25, -0.2) is 0 Å².